The van der Waals surface area contributed by atoms with Crippen molar-refractivity contribution >= 4 is 22.9 Å². The van der Waals surface area contributed by atoms with Gasteiger partial charge in [0.2, 0.25) is 0 Å². The Hall–Kier alpha value is -2.14. The molecule has 0 amide bonds. The summed E-state index contributed by atoms with van der Waals surface area (Å²) in [7, 11) is 0. The SMILES string of the molecule is Nc1ccc2nnc(-c3cccc(Cl)c3F)n2c1. The highest BCUT2D eigenvalue weighted by atomic mass is 35.5. The first-order valence-corrected chi connectivity index (χ1v) is 5.59. The van der Waals surface area contributed by atoms with Gasteiger partial charge in [-0.2, -0.15) is 0 Å². The van der Waals surface area contributed by atoms with Crippen molar-refractivity contribution in [3.8, 4) is 11.4 Å². The second kappa shape index (κ2) is 3.96. The quantitative estimate of drug-likeness (QED) is 0.734. The van der Waals surface area contributed by atoms with Crippen molar-refractivity contribution in [1.82, 2.24) is 14.6 Å². The van der Waals surface area contributed by atoms with E-state index < -0.39 is 5.82 Å². The van der Waals surface area contributed by atoms with Crippen molar-refractivity contribution in [1.29, 1.82) is 0 Å². The molecule has 0 fully saturated rings. The van der Waals surface area contributed by atoms with Gasteiger partial charge >= 0.3 is 0 Å². The molecule has 2 heterocycles. The number of rotatable bonds is 1. The topological polar surface area (TPSA) is 56.2 Å². The standard InChI is InChI=1S/C12H8ClFN4/c13-9-3-1-2-8(11(9)14)12-17-16-10-5-4-7(15)6-18(10)12/h1-6H,15H2. The molecule has 0 radical (unpaired) electrons. The minimum atomic E-state index is -0.518. The van der Waals surface area contributed by atoms with Gasteiger partial charge in [-0.3, -0.25) is 4.40 Å². The minimum Gasteiger partial charge on any atom is -0.398 e. The molecule has 0 saturated carbocycles. The minimum absolute atomic E-state index is 0.0492. The number of nitrogens with two attached hydrogens (primary N) is 1. The van der Waals surface area contributed by atoms with Gasteiger partial charge in [0.05, 0.1) is 10.6 Å². The van der Waals surface area contributed by atoms with E-state index in [1.165, 1.54) is 6.07 Å². The van der Waals surface area contributed by atoms with Crippen molar-refractivity contribution in [2.45, 2.75) is 0 Å². The van der Waals surface area contributed by atoms with E-state index in [-0.39, 0.29) is 5.02 Å². The molecule has 2 aromatic heterocycles. The lowest BCUT2D eigenvalue weighted by Gasteiger charge is -2.03. The molecular formula is C12H8ClFN4. The predicted molar refractivity (Wildman–Crippen MR) is 67.8 cm³/mol. The molecule has 0 aliphatic heterocycles. The zero-order valence-corrected chi connectivity index (χ0v) is 9.89. The fraction of sp³-hybridized carbons (Fsp3) is 0. The van der Waals surface area contributed by atoms with Gasteiger partial charge in [0.25, 0.3) is 0 Å². The number of pyridine rings is 1. The summed E-state index contributed by atoms with van der Waals surface area (Å²) in [5.74, 6) is -0.145. The van der Waals surface area contributed by atoms with Crippen LogP contribution in [0.1, 0.15) is 0 Å². The van der Waals surface area contributed by atoms with E-state index in [1.807, 2.05) is 0 Å². The molecule has 90 valence electrons. The molecule has 3 aromatic rings. The van der Waals surface area contributed by atoms with E-state index in [0.29, 0.717) is 22.7 Å². The monoisotopic (exact) mass is 262 g/mol. The van der Waals surface area contributed by atoms with Crippen LogP contribution in [0.5, 0.6) is 0 Å². The Labute approximate surface area is 107 Å². The Morgan fingerprint density at radius 2 is 2.00 bits per heavy atom. The van der Waals surface area contributed by atoms with Crippen LogP contribution in [-0.2, 0) is 0 Å². The lowest BCUT2D eigenvalue weighted by atomic mass is 10.2. The third-order valence-corrected chi connectivity index (χ3v) is 2.91. The first-order valence-electron chi connectivity index (χ1n) is 5.21. The zero-order chi connectivity index (χ0) is 12.7. The normalized spacial score (nSPS) is 11.0. The fourth-order valence-electron chi connectivity index (χ4n) is 1.77. The van der Waals surface area contributed by atoms with Crippen LogP contribution in [0.3, 0.4) is 0 Å². The van der Waals surface area contributed by atoms with Crippen molar-refractivity contribution in [3.63, 3.8) is 0 Å². The first kappa shape index (κ1) is 11.0. The molecule has 6 heteroatoms. The van der Waals surface area contributed by atoms with E-state index in [4.69, 9.17) is 17.3 Å². The smallest absolute Gasteiger partial charge is 0.171 e. The molecule has 4 nitrogen and oxygen atoms in total. The van der Waals surface area contributed by atoms with E-state index in [2.05, 4.69) is 10.2 Å². The lowest BCUT2D eigenvalue weighted by molar-refractivity contribution is 0.630. The number of hydrogen-bond acceptors (Lipinski definition) is 3. The number of benzene rings is 1. The van der Waals surface area contributed by atoms with Gasteiger partial charge in [-0.15, -0.1) is 10.2 Å². The van der Waals surface area contributed by atoms with Gasteiger partial charge in [0.15, 0.2) is 17.3 Å². The predicted octanol–water partition coefficient (Wildman–Crippen LogP) is 2.77. The Balaban J connectivity index is 2.32. The van der Waals surface area contributed by atoms with Crippen molar-refractivity contribution in [2.75, 3.05) is 5.73 Å². The molecule has 18 heavy (non-hydrogen) atoms. The Morgan fingerprint density at radius 3 is 2.83 bits per heavy atom. The van der Waals surface area contributed by atoms with Crippen molar-refractivity contribution in [3.05, 3.63) is 47.4 Å². The maximum Gasteiger partial charge on any atom is 0.171 e. The lowest BCUT2D eigenvalue weighted by Crippen LogP contribution is -1.95. The maximum absolute atomic E-state index is 13.9. The van der Waals surface area contributed by atoms with Gasteiger partial charge in [-0.25, -0.2) is 4.39 Å². The number of nitrogens with zero attached hydrogens (tertiary/aromatic N) is 3. The van der Waals surface area contributed by atoms with Crippen LogP contribution in [0.4, 0.5) is 10.1 Å². The van der Waals surface area contributed by atoms with E-state index in [0.717, 1.165) is 0 Å². The Bertz CT molecular complexity index is 738. The summed E-state index contributed by atoms with van der Waals surface area (Å²) in [4.78, 5) is 0. The summed E-state index contributed by atoms with van der Waals surface area (Å²) in [5, 5.41) is 7.97. The maximum atomic E-state index is 13.9. The van der Waals surface area contributed by atoms with Crippen molar-refractivity contribution in [2.24, 2.45) is 0 Å². The molecule has 1 aromatic carbocycles. The molecule has 2 N–H and O–H groups in total. The Morgan fingerprint density at radius 1 is 1.17 bits per heavy atom. The van der Waals surface area contributed by atoms with Crippen LogP contribution in [0, 0.1) is 5.82 Å². The molecule has 0 atom stereocenters. The van der Waals surface area contributed by atoms with Crippen LogP contribution < -0.4 is 5.73 Å². The molecule has 3 rings (SSSR count). The van der Waals surface area contributed by atoms with Gasteiger partial charge in [0.1, 0.15) is 0 Å². The fourth-order valence-corrected chi connectivity index (χ4v) is 1.94. The number of hydrogen-bond donors (Lipinski definition) is 1. The summed E-state index contributed by atoms with van der Waals surface area (Å²) >= 11 is 5.76. The van der Waals surface area contributed by atoms with Gasteiger partial charge in [0, 0.05) is 11.9 Å². The molecule has 0 unspecified atom stereocenters. The number of nitrogen functional groups attached to an aromatic ring is 1. The van der Waals surface area contributed by atoms with Crippen LogP contribution in [0.25, 0.3) is 17.0 Å². The number of fused-ring (bicyclic) bond motifs is 1. The molecular weight excluding hydrogens is 255 g/mol. The van der Waals surface area contributed by atoms with E-state index in [9.17, 15) is 4.39 Å². The summed E-state index contributed by atoms with van der Waals surface area (Å²) in [6.07, 6.45) is 1.64. The second-order valence-corrected chi connectivity index (χ2v) is 4.22. The largest absolute Gasteiger partial charge is 0.398 e. The Kier molecular flexibility index (Phi) is 2.41. The third kappa shape index (κ3) is 1.60. The number of aromatic nitrogens is 3. The van der Waals surface area contributed by atoms with E-state index >= 15 is 0 Å². The highest BCUT2D eigenvalue weighted by Gasteiger charge is 2.14. The van der Waals surface area contributed by atoms with Gasteiger partial charge in [-0.05, 0) is 24.3 Å². The highest BCUT2D eigenvalue weighted by Crippen LogP contribution is 2.26. The third-order valence-electron chi connectivity index (χ3n) is 2.62. The number of anilines is 1. The van der Waals surface area contributed by atoms with E-state index in [1.54, 1.807) is 34.9 Å². The summed E-state index contributed by atoms with van der Waals surface area (Å²) in [5.41, 5.74) is 7.14. The summed E-state index contributed by atoms with van der Waals surface area (Å²) in [6, 6.07) is 8.17. The average molecular weight is 263 g/mol. The molecule has 0 bridgehead atoms. The van der Waals surface area contributed by atoms with Crippen LogP contribution >= 0.6 is 11.6 Å². The molecule has 0 spiro atoms. The number of halogens is 2. The average Bonchev–Trinajstić information content (AvgIpc) is 2.75. The molecule has 0 aliphatic rings. The van der Waals surface area contributed by atoms with Gasteiger partial charge in [-0.1, -0.05) is 17.7 Å². The molecule has 0 saturated heterocycles. The first-order chi connectivity index (χ1) is 8.66. The molecule has 0 aliphatic carbocycles. The second-order valence-electron chi connectivity index (χ2n) is 3.82. The van der Waals surface area contributed by atoms with Crippen LogP contribution in [0.15, 0.2) is 36.5 Å². The van der Waals surface area contributed by atoms with Crippen LogP contribution in [0.2, 0.25) is 5.02 Å². The zero-order valence-electron chi connectivity index (χ0n) is 9.14. The van der Waals surface area contributed by atoms with Gasteiger partial charge < -0.3 is 5.73 Å². The van der Waals surface area contributed by atoms with Crippen molar-refractivity contribution < 1.29 is 4.39 Å². The summed E-state index contributed by atoms with van der Waals surface area (Å²) < 4.78 is 15.6. The van der Waals surface area contributed by atoms with Crippen LogP contribution in [-0.4, -0.2) is 14.6 Å². The summed E-state index contributed by atoms with van der Waals surface area (Å²) in [6.45, 7) is 0. The highest BCUT2D eigenvalue weighted by molar-refractivity contribution is 6.31.